The van der Waals surface area contributed by atoms with Crippen LogP contribution >= 0.6 is 0 Å². The van der Waals surface area contributed by atoms with Gasteiger partial charge < -0.3 is 14.8 Å². The molecule has 2 aromatic carbocycles. The molecule has 0 radical (unpaired) electrons. The van der Waals surface area contributed by atoms with E-state index in [-0.39, 0.29) is 5.69 Å². The summed E-state index contributed by atoms with van der Waals surface area (Å²) in [5, 5.41) is 7.41. The molecule has 1 N–H and O–H groups in total. The molecule has 174 valence electrons. The summed E-state index contributed by atoms with van der Waals surface area (Å²) in [5.41, 5.74) is 1.20. The summed E-state index contributed by atoms with van der Waals surface area (Å²) in [5.74, 6) is 1.03. The molecule has 9 heteroatoms. The molecule has 0 atom stereocenters. The predicted molar refractivity (Wildman–Crippen MR) is 118 cm³/mol. The zero-order valence-corrected chi connectivity index (χ0v) is 18.5. The van der Waals surface area contributed by atoms with E-state index in [1.165, 1.54) is 26.4 Å². The first-order valence-corrected chi connectivity index (χ1v) is 10.5. The third kappa shape index (κ3) is 4.32. The van der Waals surface area contributed by atoms with Gasteiger partial charge in [0.15, 0.2) is 0 Å². The van der Waals surface area contributed by atoms with Crippen LogP contribution in [0.15, 0.2) is 41.2 Å². The van der Waals surface area contributed by atoms with Gasteiger partial charge in [-0.15, -0.1) is 0 Å². The molecule has 4 rings (SSSR count). The number of alkyl halides is 3. The highest BCUT2D eigenvalue weighted by molar-refractivity contribution is 5.69. The average Bonchev–Trinajstić information content (AvgIpc) is 3.29. The highest BCUT2D eigenvalue weighted by Gasteiger charge is 2.35. The second kappa shape index (κ2) is 8.90. The molecular formula is C24H24F3N3O3. The van der Waals surface area contributed by atoms with Gasteiger partial charge in [-0.05, 0) is 61.7 Å². The number of rotatable bonds is 6. The van der Waals surface area contributed by atoms with E-state index in [4.69, 9.17) is 9.47 Å². The molecule has 0 bridgehead atoms. The first-order valence-electron chi connectivity index (χ1n) is 10.5. The molecule has 33 heavy (non-hydrogen) atoms. The van der Waals surface area contributed by atoms with Crippen LogP contribution in [0.1, 0.15) is 28.7 Å². The summed E-state index contributed by atoms with van der Waals surface area (Å²) >= 11 is 0. The second-order valence-corrected chi connectivity index (χ2v) is 7.86. The van der Waals surface area contributed by atoms with Gasteiger partial charge in [-0.1, -0.05) is 6.07 Å². The Hall–Kier alpha value is -3.33. The van der Waals surface area contributed by atoms with Crippen molar-refractivity contribution >= 4 is 0 Å². The van der Waals surface area contributed by atoms with E-state index >= 15 is 0 Å². The fourth-order valence-electron chi connectivity index (χ4n) is 4.22. The van der Waals surface area contributed by atoms with Gasteiger partial charge in [0.2, 0.25) is 0 Å². The Morgan fingerprint density at radius 1 is 1.03 bits per heavy atom. The maximum absolute atomic E-state index is 13.9. The lowest BCUT2D eigenvalue weighted by Gasteiger charge is -2.18. The summed E-state index contributed by atoms with van der Waals surface area (Å²) in [4.78, 5) is 13.3. The molecule has 1 aliphatic rings. The van der Waals surface area contributed by atoms with Crippen molar-refractivity contribution in [3.63, 3.8) is 0 Å². The smallest absolute Gasteiger partial charge is 0.418 e. The van der Waals surface area contributed by atoms with Gasteiger partial charge in [0.1, 0.15) is 11.5 Å². The minimum Gasteiger partial charge on any atom is -0.497 e. The van der Waals surface area contributed by atoms with Gasteiger partial charge in [-0.3, -0.25) is 4.79 Å². The van der Waals surface area contributed by atoms with Crippen molar-refractivity contribution in [2.75, 3.05) is 21.3 Å². The van der Waals surface area contributed by atoms with Crippen molar-refractivity contribution in [2.45, 2.75) is 32.0 Å². The molecule has 0 amide bonds. The summed E-state index contributed by atoms with van der Waals surface area (Å²) < 4.78 is 53.3. The number of nitrogens with one attached hydrogen (secondary N) is 1. The zero-order valence-electron chi connectivity index (χ0n) is 18.5. The fourth-order valence-corrected chi connectivity index (χ4v) is 4.22. The Morgan fingerprint density at radius 3 is 2.30 bits per heavy atom. The van der Waals surface area contributed by atoms with E-state index in [0.717, 1.165) is 22.7 Å². The number of benzene rings is 2. The van der Waals surface area contributed by atoms with Gasteiger partial charge >= 0.3 is 6.18 Å². The maximum atomic E-state index is 13.9. The minimum absolute atomic E-state index is 0.286. The normalized spacial score (nSPS) is 13.2. The number of hydrogen-bond donors (Lipinski definition) is 1. The Morgan fingerprint density at radius 2 is 1.70 bits per heavy atom. The van der Waals surface area contributed by atoms with Gasteiger partial charge in [-0.25, -0.2) is 0 Å². The number of aromatic nitrogens is 2. The lowest BCUT2D eigenvalue weighted by molar-refractivity contribution is -0.137. The van der Waals surface area contributed by atoms with Crippen molar-refractivity contribution in [3.05, 3.63) is 69.0 Å². The molecule has 1 aliphatic carbocycles. The van der Waals surface area contributed by atoms with Gasteiger partial charge in [-0.2, -0.15) is 23.0 Å². The van der Waals surface area contributed by atoms with Gasteiger partial charge in [0.05, 0.1) is 31.2 Å². The van der Waals surface area contributed by atoms with E-state index in [9.17, 15) is 18.0 Å². The van der Waals surface area contributed by atoms with Crippen molar-refractivity contribution in [3.8, 4) is 28.4 Å². The third-order valence-electron chi connectivity index (χ3n) is 5.76. The number of hydrogen-bond acceptors (Lipinski definition) is 5. The Balaban J connectivity index is 2.02. The number of nitrogens with zero attached hydrogens (tertiary/aromatic N) is 2. The van der Waals surface area contributed by atoms with Crippen LogP contribution in [-0.4, -0.2) is 31.0 Å². The zero-order chi connectivity index (χ0) is 23.8. The van der Waals surface area contributed by atoms with Crippen LogP contribution in [0.2, 0.25) is 0 Å². The molecule has 0 aliphatic heterocycles. The van der Waals surface area contributed by atoms with E-state index in [1.54, 1.807) is 25.2 Å². The van der Waals surface area contributed by atoms with Crippen molar-refractivity contribution in [2.24, 2.45) is 0 Å². The highest BCUT2D eigenvalue weighted by Crippen LogP contribution is 2.37. The molecule has 1 aromatic heterocycles. The first-order chi connectivity index (χ1) is 15.8. The van der Waals surface area contributed by atoms with Crippen LogP contribution in [-0.2, 0) is 25.6 Å². The monoisotopic (exact) mass is 459 g/mol. The molecule has 0 unspecified atom stereocenters. The number of methoxy groups -OCH3 is 2. The van der Waals surface area contributed by atoms with Crippen LogP contribution in [0, 0.1) is 0 Å². The van der Waals surface area contributed by atoms with Crippen molar-refractivity contribution < 1.29 is 22.6 Å². The van der Waals surface area contributed by atoms with Crippen LogP contribution in [0.3, 0.4) is 0 Å². The molecule has 1 heterocycles. The average molecular weight is 459 g/mol. The van der Waals surface area contributed by atoms with E-state index in [0.29, 0.717) is 53.3 Å². The summed E-state index contributed by atoms with van der Waals surface area (Å²) in [6.07, 6.45) is -2.80. The third-order valence-corrected chi connectivity index (χ3v) is 5.76. The Kier molecular flexibility index (Phi) is 6.16. The van der Waals surface area contributed by atoms with Crippen LogP contribution in [0.4, 0.5) is 13.2 Å². The van der Waals surface area contributed by atoms with Crippen LogP contribution < -0.4 is 20.3 Å². The minimum atomic E-state index is -4.65. The van der Waals surface area contributed by atoms with Crippen LogP contribution in [0.25, 0.3) is 16.9 Å². The van der Waals surface area contributed by atoms with Gasteiger partial charge in [0, 0.05) is 23.7 Å². The summed E-state index contributed by atoms with van der Waals surface area (Å²) in [6.45, 7) is 0.352. The molecular weight excluding hydrogens is 435 g/mol. The second-order valence-electron chi connectivity index (χ2n) is 7.86. The largest absolute Gasteiger partial charge is 0.497 e. The van der Waals surface area contributed by atoms with Gasteiger partial charge in [0.25, 0.3) is 5.56 Å². The van der Waals surface area contributed by atoms with E-state index < -0.39 is 17.3 Å². The summed E-state index contributed by atoms with van der Waals surface area (Å²) in [6, 6.07) is 8.93. The van der Waals surface area contributed by atoms with E-state index in [2.05, 4.69) is 10.4 Å². The SMILES string of the molecule is CNCc1ccc(C(F)(F)F)c(-n2nc(-c3cc(OC)cc(OC)c3)c3c(c2=O)CCC3)c1. The molecule has 6 nitrogen and oxygen atoms in total. The quantitative estimate of drug-likeness (QED) is 0.600. The lowest BCUT2D eigenvalue weighted by Crippen LogP contribution is -2.28. The van der Waals surface area contributed by atoms with Crippen molar-refractivity contribution in [1.82, 2.24) is 15.1 Å². The standard InChI is InChI=1S/C24H24F3N3O3/c1-28-13-14-7-8-20(24(25,26)27)21(9-14)30-23(31)19-6-4-5-18(19)22(29-30)15-10-16(32-2)12-17(11-15)33-3/h7-12,28H,4-6,13H2,1-3H3. The van der Waals surface area contributed by atoms with Crippen LogP contribution in [0.5, 0.6) is 11.5 Å². The Labute approximate surface area is 189 Å². The van der Waals surface area contributed by atoms with E-state index in [1.807, 2.05) is 0 Å². The lowest BCUT2D eigenvalue weighted by atomic mass is 10.0. The molecule has 0 fully saturated rings. The molecule has 3 aromatic rings. The molecule has 0 saturated carbocycles. The maximum Gasteiger partial charge on any atom is 0.418 e. The first kappa shape index (κ1) is 22.8. The van der Waals surface area contributed by atoms with Crippen molar-refractivity contribution in [1.29, 1.82) is 0 Å². The number of fused-ring (bicyclic) bond motifs is 1. The topological polar surface area (TPSA) is 65.4 Å². The fraction of sp³-hybridized carbons (Fsp3) is 0.333. The highest BCUT2D eigenvalue weighted by atomic mass is 19.4. The number of ether oxygens (including phenoxy) is 2. The predicted octanol–water partition coefficient (Wildman–Crippen LogP) is 4.14. The molecule has 0 spiro atoms. The Bertz CT molecular complexity index is 1230. The molecule has 0 saturated heterocycles. The number of halogens is 3. The summed E-state index contributed by atoms with van der Waals surface area (Å²) in [7, 11) is 4.73.